The van der Waals surface area contributed by atoms with Crippen molar-refractivity contribution in [2.75, 3.05) is 12.9 Å². The molecule has 0 aliphatic rings. The van der Waals surface area contributed by atoms with E-state index in [2.05, 4.69) is 14.7 Å². The molecule has 0 saturated carbocycles. The zero-order chi connectivity index (χ0) is 12.1. The fourth-order valence-corrected chi connectivity index (χ4v) is 1.60. The van der Waals surface area contributed by atoms with Crippen LogP contribution in [0.25, 0.3) is 0 Å². The molecule has 0 spiro atoms. The van der Waals surface area contributed by atoms with Gasteiger partial charge in [-0.25, -0.2) is 14.8 Å². The number of carboxylic acids is 1. The van der Waals surface area contributed by atoms with Crippen LogP contribution in [0.3, 0.4) is 0 Å². The molecule has 0 radical (unpaired) electrons. The number of aromatic carboxylic acids is 1. The lowest BCUT2D eigenvalue weighted by Crippen LogP contribution is -2.06. The number of rotatable bonds is 4. The molecule has 0 aliphatic heterocycles. The lowest BCUT2D eigenvalue weighted by molar-refractivity contribution is -0.137. The van der Waals surface area contributed by atoms with Crippen LogP contribution in [0.4, 0.5) is 0 Å². The maximum Gasteiger partial charge on any atom is 0.339 e. The van der Waals surface area contributed by atoms with E-state index in [0.29, 0.717) is 10.9 Å². The molecular weight excluding hydrogens is 232 g/mol. The van der Waals surface area contributed by atoms with Crippen molar-refractivity contribution in [3.63, 3.8) is 0 Å². The number of hydrogen-bond acceptors (Lipinski definition) is 6. The lowest BCUT2D eigenvalue weighted by Gasteiger charge is -2.02. The van der Waals surface area contributed by atoms with Gasteiger partial charge < -0.3 is 9.84 Å². The highest BCUT2D eigenvalue weighted by molar-refractivity contribution is 7.99. The van der Waals surface area contributed by atoms with Crippen LogP contribution in [0, 0.1) is 6.92 Å². The van der Waals surface area contributed by atoms with Gasteiger partial charge >= 0.3 is 11.9 Å². The van der Waals surface area contributed by atoms with Crippen molar-refractivity contribution in [1.82, 2.24) is 9.97 Å². The highest BCUT2D eigenvalue weighted by Gasteiger charge is 2.11. The van der Waals surface area contributed by atoms with Gasteiger partial charge in [0.05, 0.1) is 24.1 Å². The maximum absolute atomic E-state index is 10.9. The second kappa shape index (κ2) is 5.45. The van der Waals surface area contributed by atoms with Gasteiger partial charge in [0.1, 0.15) is 0 Å². The smallest absolute Gasteiger partial charge is 0.339 e. The van der Waals surface area contributed by atoms with E-state index in [0.717, 1.165) is 11.8 Å². The van der Waals surface area contributed by atoms with Crippen LogP contribution < -0.4 is 0 Å². The average molecular weight is 242 g/mol. The second-order valence-corrected chi connectivity index (χ2v) is 3.76. The van der Waals surface area contributed by atoms with E-state index >= 15 is 0 Å². The Kier molecular flexibility index (Phi) is 4.24. The summed E-state index contributed by atoms with van der Waals surface area (Å²) < 4.78 is 4.45. The molecule has 7 heteroatoms. The monoisotopic (exact) mass is 242 g/mol. The number of methoxy groups -OCH3 is 1. The molecule has 0 aromatic carbocycles. The molecule has 1 heterocycles. The van der Waals surface area contributed by atoms with Crippen LogP contribution in [0.5, 0.6) is 0 Å². The van der Waals surface area contributed by atoms with Crippen molar-refractivity contribution in [3.8, 4) is 0 Å². The summed E-state index contributed by atoms with van der Waals surface area (Å²) in [6, 6.07) is 0. The number of carbonyl (C=O) groups excluding carboxylic acids is 1. The van der Waals surface area contributed by atoms with Gasteiger partial charge in [-0.2, -0.15) is 0 Å². The molecule has 0 unspecified atom stereocenters. The predicted molar refractivity (Wildman–Crippen MR) is 56.5 cm³/mol. The van der Waals surface area contributed by atoms with E-state index in [4.69, 9.17) is 5.11 Å². The number of carboxylic acid groups (broad SMARTS) is 1. The van der Waals surface area contributed by atoms with Gasteiger partial charge in [0, 0.05) is 6.20 Å². The van der Waals surface area contributed by atoms with Gasteiger partial charge in [0.15, 0.2) is 5.16 Å². The summed E-state index contributed by atoms with van der Waals surface area (Å²) in [6.07, 6.45) is 1.23. The minimum absolute atomic E-state index is 0.0578. The Hall–Kier alpha value is -1.63. The van der Waals surface area contributed by atoms with Crippen molar-refractivity contribution in [2.24, 2.45) is 0 Å². The number of hydrogen-bond donors (Lipinski definition) is 1. The Morgan fingerprint density at radius 1 is 1.56 bits per heavy atom. The van der Waals surface area contributed by atoms with E-state index in [1.165, 1.54) is 13.3 Å². The van der Waals surface area contributed by atoms with Crippen molar-refractivity contribution in [2.45, 2.75) is 12.1 Å². The predicted octanol–water partition coefficient (Wildman–Crippen LogP) is 0.748. The highest BCUT2D eigenvalue weighted by Crippen LogP contribution is 2.14. The molecule has 0 saturated heterocycles. The van der Waals surface area contributed by atoms with Gasteiger partial charge in [-0.1, -0.05) is 11.8 Å². The molecule has 1 aromatic heterocycles. The van der Waals surface area contributed by atoms with Crippen LogP contribution >= 0.6 is 11.8 Å². The number of ether oxygens (including phenoxy) is 1. The number of esters is 1. The van der Waals surface area contributed by atoms with Crippen molar-refractivity contribution >= 4 is 23.7 Å². The molecule has 1 aromatic rings. The minimum Gasteiger partial charge on any atom is -0.478 e. The Balaban J connectivity index is 2.74. The van der Waals surface area contributed by atoms with Crippen LogP contribution in [0.15, 0.2) is 11.4 Å². The van der Waals surface area contributed by atoms with Crippen LogP contribution in [0.1, 0.15) is 16.1 Å². The second-order valence-electron chi connectivity index (χ2n) is 2.82. The fraction of sp³-hybridized carbons (Fsp3) is 0.333. The standard InChI is InChI=1S/C9H10N2O4S/c1-5-6(8(13)14)3-10-9(11-5)16-4-7(12)15-2/h3H,4H2,1-2H3,(H,13,14). The quantitative estimate of drug-likeness (QED) is 0.473. The SMILES string of the molecule is COC(=O)CSc1ncc(C(=O)O)c(C)n1. The van der Waals surface area contributed by atoms with Gasteiger partial charge in [0.25, 0.3) is 0 Å². The Morgan fingerprint density at radius 2 is 2.25 bits per heavy atom. The van der Waals surface area contributed by atoms with E-state index in [1.807, 2.05) is 0 Å². The molecule has 0 atom stereocenters. The molecule has 6 nitrogen and oxygen atoms in total. The molecule has 1 rings (SSSR count). The summed E-state index contributed by atoms with van der Waals surface area (Å²) in [6.45, 7) is 1.58. The van der Waals surface area contributed by atoms with Gasteiger partial charge in [0.2, 0.25) is 0 Å². The lowest BCUT2D eigenvalue weighted by atomic mass is 10.2. The first-order chi connectivity index (χ1) is 7.54. The third-order valence-corrected chi connectivity index (χ3v) is 2.57. The van der Waals surface area contributed by atoms with E-state index in [1.54, 1.807) is 6.92 Å². The van der Waals surface area contributed by atoms with E-state index in [-0.39, 0.29) is 17.3 Å². The summed E-state index contributed by atoms with van der Waals surface area (Å²) >= 11 is 1.10. The largest absolute Gasteiger partial charge is 0.478 e. The van der Waals surface area contributed by atoms with E-state index in [9.17, 15) is 9.59 Å². The molecule has 0 amide bonds. The first-order valence-corrected chi connectivity index (χ1v) is 5.29. The Bertz CT molecular complexity index is 422. The summed E-state index contributed by atoms with van der Waals surface area (Å²) in [5, 5.41) is 9.11. The van der Waals surface area contributed by atoms with Crippen molar-refractivity contribution in [1.29, 1.82) is 0 Å². The summed E-state index contributed by atoms with van der Waals surface area (Å²) in [4.78, 5) is 29.3. The van der Waals surface area contributed by atoms with Gasteiger partial charge in [-0.15, -0.1) is 0 Å². The first-order valence-electron chi connectivity index (χ1n) is 4.31. The number of thioether (sulfide) groups is 1. The molecule has 16 heavy (non-hydrogen) atoms. The van der Waals surface area contributed by atoms with Crippen molar-refractivity contribution < 1.29 is 19.4 Å². The summed E-state index contributed by atoms with van der Waals surface area (Å²) in [5.41, 5.74) is 0.428. The topological polar surface area (TPSA) is 89.4 Å². The number of aromatic nitrogens is 2. The van der Waals surface area contributed by atoms with E-state index < -0.39 is 5.97 Å². The summed E-state index contributed by atoms with van der Waals surface area (Å²) in [7, 11) is 1.29. The van der Waals surface area contributed by atoms with Gasteiger partial charge in [-0.05, 0) is 6.92 Å². The first kappa shape index (κ1) is 12.4. The summed E-state index contributed by atoms with van der Waals surface area (Å²) in [5.74, 6) is -1.35. The fourth-order valence-electron chi connectivity index (χ4n) is 0.908. The van der Waals surface area contributed by atoms with Gasteiger partial charge in [-0.3, -0.25) is 4.79 Å². The molecule has 0 fully saturated rings. The number of nitrogens with zero attached hydrogens (tertiary/aromatic N) is 2. The molecule has 1 N–H and O–H groups in total. The normalized spacial score (nSPS) is 9.88. The minimum atomic E-state index is -1.07. The average Bonchev–Trinajstić information content (AvgIpc) is 2.25. The zero-order valence-corrected chi connectivity index (χ0v) is 9.58. The third-order valence-electron chi connectivity index (χ3n) is 1.73. The molecule has 86 valence electrons. The highest BCUT2D eigenvalue weighted by atomic mass is 32.2. The third kappa shape index (κ3) is 3.20. The molecular formula is C9H10N2O4S. The molecule has 0 aliphatic carbocycles. The number of aryl methyl sites for hydroxylation is 1. The van der Waals surface area contributed by atoms with Crippen molar-refractivity contribution in [3.05, 3.63) is 17.5 Å². The Labute approximate surface area is 96.0 Å². The Morgan fingerprint density at radius 3 is 2.75 bits per heavy atom. The molecule has 0 bridgehead atoms. The van der Waals surface area contributed by atoms with Crippen LogP contribution in [-0.2, 0) is 9.53 Å². The number of carbonyl (C=O) groups is 2. The van der Waals surface area contributed by atoms with Crippen LogP contribution in [-0.4, -0.2) is 39.9 Å². The van der Waals surface area contributed by atoms with Crippen LogP contribution in [0.2, 0.25) is 0 Å². The zero-order valence-electron chi connectivity index (χ0n) is 8.76. The maximum atomic E-state index is 10.9.